The van der Waals surface area contributed by atoms with Gasteiger partial charge in [-0.1, -0.05) is 0 Å². The average Bonchev–Trinajstić information content (AvgIpc) is 2.35. The van der Waals surface area contributed by atoms with Gasteiger partial charge in [-0.25, -0.2) is 0 Å². The molecular formula is C11H18N4O2. The Balaban J connectivity index is 2.68. The molecule has 0 saturated heterocycles. The van der Waals surface area contributed by atoms with E-state index in [4.69, 9.17) is 10.5 Å². The second kappa shape index (κ2) is 5.93. The maximum absolute atomic E-state index is 11.1. The summed E-state index contributed by atoms with van der Waals surface area (Å²) in [7, 11) is 5.00. The lowest BCUT2D eigenvalue weighted by atomic mass is 10.3. The molecule has 0 unspecified atom stereocenters. The first-order valence-electron chi connectivity index (χ1n) is 5.30. The lowest BCUT2D eigenvalue weighted by molar-refractivity contribution is -0.120. The molecule has 0 aliphatic rings. The highest BCUT2D eigenvalue weighted by atomic mass is 16.5. The van der Waals surface area contributed by atoms with Gasteiger partial charge in [-0.15, -0.1) is 0 Å². The molecule has 0 fully saturated rings. The number of nitrogen functional groups attached to an aromatic ring is 1. The molecular weight excluding hydrogens is 220 g/mol. The highest BCUT2D eigenvalue weighted by Gasteiger charge is 2.08. The fraction of sp³-hybridized carbons (Fsp3) is 0.455. The summed E-state index contributed by atoms with van der Waals surface area (Å²) in [5.41, 5.74) is 6.17. The van der Waals surface area contributed by atoms with Crippen LogP contribution in [0.1, 0.15) is 6.42 Å². The molecule has 0 atom stereocenters. The summed E-state index contributed by atoms with van der Waals surface area (Å²) in [6.07, 6.45) is 0.418. The van der Waals surface area contributed by atoms with Crippen LogP contribution in [0.4, 0.5) is 11.5 Å². The van der Waals surface area contributed by atoms with Gasteiger partial charge in [0.25, 0.3) is 0 Å². The normalized spacial score (nSPS) is 9.82. The summed E-state index contributed by atoms with van der Waals surface area (Å²) >= 11 is 0. The first-order chi connectivity index (χ1) is 8.08. The number of amides is 1. The van der Waals surface area contributed by atoms with Gasteiger partial charge in [-0.05, 0) is 12.1 Å². The van der Waals surface area contributed by atoms with E-state index in [2.05, 4.69) is 10.3 Å². The van der Waals surface area contributed by atoms with E-state index in [0.717, 1.165) is 5.82 Å². The predicted molar refractivity (Wildman–Crippen MR) is 67.2 cm³/mol. The molecule has 0 saturated carbocycles. The van der Waals surface area contributed by atoms with Crippen molar-refractivity contribution in [2.45, 2.75) is 6.42 Å². The van der Waals surface area contributed by atoms with Gasteiger partial charge in [-0.3, -0.25) is 4.79 Å². The third-order valence-corrected chi connectivity index (χ3v) is 2.41. The van der Waals surface area contributed by atoms with Gasteiger partial charge in [0.15, 0.2) is 0 Å². The number of carbonyl (C=O) groups excluding carboxylic acids is 1. The summed E-state index contributed by atoms with van der Waals surface area (Å²) in [5, 5.41) is 2.57. The Kier molecular flexibility index (Phi) is 4.56. The average molecular weight is 238 g/mol. The summed E-state index contributed by atoms with van der Waals surface area (Å²) in [4.78, 5) is 17.2. The zero-order valence-electron chi connectivity index (χ0n) is 10.4. The number of hydrogen-bond acceptors (Lipinski definition) is 5. The van der Waals surface area contributed by atoms with E-state index < -0.39 is 0 Å². The Hall–Kier alpha value is -1.98. The third kappa shape index (κ3) is 3.51. The highest BCUT2D eigenvalue weighted by molar-refractivity contribution is 5.76. The van der Waals surface area contributed by atoms with Gasteiger partial charge in [-0.2, -0.15) is 4.98 Å². The Morgan fingerprint density at radius 1 is 1.59 bits per heavy atom. The van der Waals surface area contributed by atoms with Crippen molar-refractivity contribution in [2.75, 3.05) is 38.4 Å². The van der Waals surface area contributed by atoms with Gasteiger partial charge in [0.1, 0.15) is 5.82 Å². The van der Waals surface area contributed by atoms with Crippen LogP contribution in [-0.2, 0) is 4.79 Å². The van der Waals surface area contributed by atoms with E-state index >= 15 is 0 Å². The second-order valence-electron chi connectivity index (χ2n) is 3.61. The van der Waals surface area contributed by atoms with Crippen LogP contribution in [0.2, 0.25) is 0 Å². The molecule has 17 heavy (non-hydrogen) atoms. The molecule has 0 bridgehead atoms. The van der Waals surface area contributed by atoms with Crippen LogP contribution < -0.4 is 20.7 Å². The van der Waals surface area contributed by atoms with Gasteiger partial charge < -0.3 is 20.7 Å². The predicted octanol–water partition coefficient (Wildman–Crippen LogP) is 0.245. The van der Waals surface area contributed by atoms with Crippen molar-refractivity contribution >= 4 is 17.4 Å². The zero-order chi connectivity index (χ0) is 12.8. The molecule has 0 spiro atoms. The number of methoxy groups -OCH3 is 1. The first-order valence-corrected chi connectivity index (χ1v) is 5.30. The minimum atomic E-state index is -0.000685. The molecule has 0 aromatic carbocycles. The van der Waals surface area contributed by atoms with Crippen molar-refractivity contribution in [1.29, 1.82) is 0 Å². The number of ether oxygens (including phenoxy) is 1. The maximum Gasteiger partial charge on any atom is 0.238 e. The first kappa shape index (κ1) is 13.1. The molecule has 1 aromatic heterocycles. The fourth-order valence-electron chi connectivity index (χ4n) is 1.33. The van der Waals surface area contributed by atoms with Gasteiger partial charge >= 0.3 is 0 Å². The molecule has 94 valence electrons. The molecule has 0 aliphatic carbocycles. The van der Waals surface area contributed by atoms with E-state index in [9.17, 15) is 4.79 Å². The lowest BCUT2D eigenvalue weighted by Crippen LogP contribution is -2.26. The van der Waals surface area contributed by atoms with Crippen LogP contribution >= 0.6 is 0 Å². The second-order valence-corrected chi connectivity index (χ2v) is 3.61. The number of nitrogens with zero attached hydrogens (tertiary/aromatic N) is 2. The van der Waals surface area contributed by atoms with Crippen LogP contribution in [0.25, 0.3) is 0 Å². The van der Waals surface area contributed by atoms with Crippen LogP contribution in [0.15, 0.2) is 12.1 Å². The van der Waals surface area contributed by atoms with E-state index in [-0.39, 0.29) is 5.91 Å². The topological polar surface area (TPSA) is 80.5 Å². The molecule has 6 nitrogen and oxygen atoms in total. The monoisotopic (exact) mass is 238 g/mol. The van der Waals surface area contributed by atoms with Crippen LogP contribution in [0.3, 0.4) is 0 Å². The van der Waals surface area contributed by atoms with E-state index in [0.29, 0.717) is 24.5 Å². The Morgan fingerprint density at radius 3 is 2.88 bits per heavy atom. The van der Waals surface area contributed by atoms with Crippen molar-refractivity contribution in [3.05, 3.63) is 12.1 Å². The van der Waals surface area contributed by atoms with E-state index in [1.165, 1.54) is 7.11 Å². The van der Waals surface area contributed by atoms with Crippen molar-refractivity contribution in [1.82, 2.24) is 10.3 Å². The number of hydrogen-bond donors (Lipinski definition) is 2. The van der Waals surface area contributed by atoms with Gasteiger partial charge in [0.2, 0.25) is 11.8 Å². The molecule has 6 heteroatoms. The standard InChI is InChI=1S/C11H18N4O2/c1-13-10(16)6-7-15(2)9-5-4-8(12)11(14-9)17-3/h4-5H,6-7,12H2,1-3H3,(H,13,16). The molecule has 1 aromatic rings. The molecule has 1 heterocycles. The smallest absolute Gasteiger partial charge is 0.238 e. The molecule has 1 rings (SSSR count). The van der Waals surface area contributed by atoms with Crippen molar-refractivity contribution in [3.8, 4) is 5.88 Å². The quantitative estimate of drug-likeness (QED) is 0.768. The van der Waals surface area contributed by atoms with Gasteiger partial charge in [0, 0.05) is 27.1 Å². The lowest BCUT2D eigenvalue weighted by Gasteiger charge is -2.18. The number of nitrogens with one attached hydrogen (secondary N) is 1. The van der Waals surface area contributed by atoms with Crippen molar-refractivity contribution in [2.24, 2.45) is 0 Å². The number of anilines is 2. The minimum absolute atomic E-state index is 0.000685. The largest absolute Gasteiger partial charge is 0.479 e. The van der Waals surface area contributed by atoms with Crippen molar-refractivity contribution in [3.63, 3.8) is 0 Å². The Morgan fingerprint density at radius 2 is 2.29 bits per heavy atom. The SMILES string of the molecule is CNC(=O)CCN(C)c1ccc(N)c(OC)n1. The minimum Gasteiger partial charge on any atom is -0.479 e. The zero-order valence-corrected chi connectivity index (χ0v) is 10.4. The molecule has 1 amide bonds. The number of carbonyl (C=O) groups is 1. The number of nitrogens with two attached hydrogens (primary N) is 1. The maximum atomic E-state index is 11.1. The number of aromatic nitrogens is 1. The van der Waals surface area contributed by atoms with E-state index in [1.54, 1.807) is 19.2 Å². The van der Waals surface area contributed by atoms with Crippen LogP contribution in [-0.4, -0.2) is 38.6 Å². The summed E-state index contributed by atoms with van der Waals surface area (Å²) in [5.74, 6) is 1.12. The van der Waals surface area contributed by atoms with Crippen LogP contribution in [0.5, 0.6) is 5.88 Å². The Bertz CT molecular complexity index is 395. The number of pyridine rings is 1. The van der Waals surface area contributed by atoms with Crippen LogP contribution in [0, 0.1) is 0 Å². The Labute approximate surface area is 101 Å². The number of rotatable bonds is 5. The summed E-state index contributed by atoms with van der Waals surface area (Å²) < 4.78 is 5.04. The molecule has 0 radical (unpaired) electrons. The van der Waals surface area contributed by atoms with E-state index in [1.807, 2.05) is 11.9 Å². The van der Waals surface area contributed by atoms with Crippen molar-refractivity contribution < 1.29 is 9.53 Å². The molecule has 3 N–H and O–H groups in total. The highest BCUT2D eigenvalue weighted by Crippen LogP contribution is 2.21. The summed E-state index contributed by atoms with van der Waals surface area (Å²) in [6.45, 7) is 0.583. The fourth-order valence-corrected chi connectivity index (χ4v) is 1.33. The summed E-state index contributed by atoms with van der Waals surface area (Å²) in [6, 6.07) is 3.53. The third-order valence-electron chi connectivity index (χ3n) is 2.41. The molecule has 0 aliphatic heterocycles. The van der Waals surface area contributed by atoms with Gasteiger partial charge in [0.05, 0.1) is 12.8 Å².